The summed E-state index contributed by atoms with van der Waals surface area (Å²) < 4.78 is 16.2. The van der Waals surface area contributed by atoms with Crippen molar-refractivity contribution in [1.29, 1.82) is 0 Å². The van der Waals surface area contributed by atoms with Crippen LogP contribution in [0.5, 0.6) is 11.5 Å². The Morgan fingerprint density at radius 2 is 1.94 bits per heavy atom. The third kappa shape index (κ3) is 6.47. The number of ether oxygens (including phenoxy) is 2. The number of benzene rings is 1. The summed E-state index contributed by atoms with van der Waals surface area (Å²) in [7, 11) is 3.34. The lowest BCUT2D eigenvalue weighted by Crippen LogP contribution is -2.44. The summed E-state index contributed by atoms with van der Waals surface area (Å²) in [6.45, 7) is 9.45. The van der Waals surface area contributed by atoms with Gasteiger partial charge < -0.3 is 24.2 Å². The molecule has 2 aromatic rings. The largest absolute Gasteiger partial charge is 0.493 e. The Bertz CT molecular complexity index is 869. The van der Waals surface area contributed by atoms with E-state index in [9.17, 15) is 0 Å². The quantitative estimate of drug-likeness (QED) is 0.235. The average Bonchev–Trinajstić information content (AvgIpc) is 3.24. The van der Waals surface area contributed by atoms with Crippen LogP contribution in [-0.2, 0) is 19.4 Å². The van der Waals surface area contributed by atoms with Gasteiger partial charge in [-0.05, 0) is 43.0 Å². The molecule has 0 saturated carbocycles. The smallest absolute Gasteiger partial charge is 0.226 e. The Morgan fingerprint density at radius 3 is 2.55 bits per heavy atom. The predicted octanol–water partition coefficient (Wildman–Crippen LogP) is 3.78. The highest BCUT2D eigenvalue weighted by molar-refractivity contribution is 14.0. The van der Waals surface area contributed by atoms with Gasteiger partial charge in [0.05, 0.1) is 14.2 Å². The Balaban J connectivity index is 0.00000341. The van der Waals surface area contributed by atoms with E-state index in [1.807, 2.05) is 0 Å². The van der Waals surface area contributed by atoms with Crippen LogP contribution < -0.4 is 14.8 Å². The van der Waals surface area contributed by atoms with Gasteiger partial charge in [0.1, 0.15) is 0 Å². The summed E-state index contributed by atoms with van der Waals surface area (Å²) in [6, 6.07) is 4.16. The molecule has 1 N–H and O–H groups in total. The number of nitrogens with zero attached hydrogens (tertiary/aromatic N) is 4. The molecule has 0 aliphatic carbocycles. The molecule has 31 heavy (non-hydrogen) atoms. The van der Waals surface area contributed by atoms with Gasteiger partial charge in [-0.25, -0.2) is 0 Å². The molecule has 172 valence electrons. The number of halogens is 1. The number of rotatable bonds is 8. The van der Waals surface area contributed by atoms with Crippen LogP contribution in [0.25, 0.3) is 0 Å². The second-order valence-electron chi connectivity index (χ2n) is 7.69. The Morgan fingerprint density at radius 1 is 1.23 bits per heavy atom. The molecule has 1 aromatic carbocycles. The van der Waals surface area contributed by atoms with Crippen LogP contribution in [0.1, 0.15) is 56.0 Å². The van der Waals surface area contributed by atoms with Crippen LogP contribution in [0.15, 0.2) is 21.6 Å². The number of hydrogen-bond donors (Lipinski definition) is 1. The molecule has 8 nitrogen and oxygen atoms in total. The van der Waals surface area contributed by atoms with Crippen molar-refractivity contribution in [2.45, 2.75) is 52.5 Å². The van der Waals surface area contributed by atoms with E-state index in [2.05, 4.69) is 53.3 Å². The molecule has 1 aromatic heterocycles. The van der Waals surface area contributed by atoms with E-state index in [-0.39, 0.29) is 29.9 Å². The van der Waals surface area contributed by atoms with Crippen LogP contribution in [0.2, 0.25) is 0 Å². The molecule has 0 radical (unpaired) electrons. The van der Waals surface area contributed by atoms with E-state index in [0.717, 1.165) is 62.2 Å². The van der Waals surface area contributed by atoms with Gasteiger partial charge in [0.25, 0.3) is 0 Å². The highest BCUT2D eigenvalue weighted by Gasteiger charge is 2.21. The van der Waals surface area contributed by atoms with Crippen molar-refractivity contribution in [2.24, 2.45) is 4.99 Å². The number of fused-ring (bicyclic) bond motifs is 1. The first-order chi connectivity index (χ1) is 14.5. The minimum Gasteiger partial charge on any atom is -0.493 e. The molecule has 0 atom stereocenters. The van der Waals surface area contributed by atoms with Crippen molar-refractivity contribution in [3.05, 3.63) is 35.0 Å². The maximum Gasteiger partial charge on any atom is 0.226 e. The maximum atomic E-state index is 5.47. The first-order valence-electron chi connectivity index (χ1n) is 10.6. The fourth-order valence-electron chi connectivity index (χ4n) is 3.51. The standard InChI is InChI=1S/C22H33N5O3.HI/c1-6-23-22(24-10-7-8-20-25-21(15(2)3)26-30-20)27-11-9-16-12-18(28-4)19(29-5)13-17(16)14-27;/h12-13,15H,6-11,14H2,1-5H3,(H,23,24);1H. The Labute approximate surface area is 201 Å². The van der Waals surface area contributed by atoms with E-state index >= 15 is 0 Å². The summed E-state index contributed by atoms with van der Waals surface area (Å²) in [6.07, 6.45) is 2.55. The van der Waals surface area contributed by atoms with Gasteiger partial charge >= 0.3 is 0 Å². The molecule has 0 spiro atoms. The lowest BCUT2D eigenvalue weighted by Gasteiger charge is -2.32. The number of methoxy groups -OCH3 is 2. The monoisotopic (exact) mass is 543 g/mol. The van der Waals surface area contributed by atoms with Crippen LogP contribution in [-0.4, -0.2) is 54.9 Å². The molecule has 1 aliphatic heterocycles. The molecular weight excluding hydrogens is 509 g/mol. The second kappa shape index (κ2) is 12.1. The Kier molecular flexibility index (Phi) is 9.86. The minimum atomic E-state index is 0. The lowest BCUT2D eigenvalue weighted by molar-refractivity contribution is 0.345. The van der Waals surface area contributed by atoms with E-state index in [1.165, 1.54) is 11.1 Å². The maximum absolute atomic E-state index is 5.47. The predicted molar refractivity (Wildman–Crippen MR) is 132 cm³/mol. The van der Waals surface area contributed by atoms with Crippen LogP contribution in [0.3, 0.4) is 0 Å². The topological polar surface area (TPSA) is 85.0 Å². The fraction of sp³-hybridized carbons (Fsp3) is 0.591. The third-order valence-corrected chi connectivity index (χ3v) is 5.16. The molecule has 0 unspecified atom stereocenters. The van der Waals surface area contributed by atoms with E-state index in [1.54, 1.807) is 14.2 Å². The van der Waals surface area contributed by atoms with Gasteiger partial charge in [0.2, 0.25) is 5.89 Å². The first kappa shape index (κ1) is 25.2. The van der Waals surface area contributed by atoms with Gasteiger partial charge in [0, 0.05) is 38.5 Å². The van der Waals surface area contributed by atoms with Crippen LogP contribution in [0.4, 0.5) is 0 Å². The third-order valence-electron chi connectivity index (χ3n) is 5.16. The zero-order chi connectivity index (χ0) is 21.5. The van der Waals surface area contributed by atoms with Crippen LogP contribution >= 0.6 is 24.0 Å². The lowest BCUT2D eigenvalue weighted by atomic mass is 9.99. The summed E-state index contributed by atoms with van der Waals surface area (Å²) in [5, 5.41) is 7.44. The van der Waals surface area contributed by atoms with Crippen molar-refractivity contribution < 1.29 is 14.0 Å². The zero-order valence-electron chi connectivity index (χ0n) is 19.1. The molecule has 1 aliphatic rings. The number of aromatic nitrogens is 2. The van der Waals surface area contributed by atoms with Crippen molar-refractivity contribution in [2.75, 3.05) is 33.9 Å². The number of nitrogens with one attached hydrogen (secondary N) is 1. The molecule has 3 rings (SSSR count). The van der Waals surface area contributed by atoms with E-state index < -0.39 is 0 Å². The van der Waals surface area contributed by atoms with Crippen molar-refractivity contribution in [1.82, 2.24) is 20.4 Å². The zero-order valence-corrected chi connectivity index (χ0v) is 21.4. The van der Waals surface area contributed by atoms with Gasteiger partial charge in [-0.2, -0.15) is 4.98 Å². The van der Waals surface area contributed by atoms with E-state index in [0.29, 0.717) is 12.4 Å². The minimum absolute atomic E-state index is 0. The molecular formula is C22H34IN5O3. The van der Waals surface area contributed by atoms with Crippen molar-refractivity contribution in [3.8, 4) is 11.5 Å². The molecule has 0 saturated heterocycles. The average molecular weight is 543 g/mol. The van der Waals surface area contributed by atoms with Gasteiger partial charge in [-0.1, -0.05) is 19.0 Å². The normalized spacial score (nSPS) is 13.6. The molecule has 9 heteroatoms. The number of aryl methyl sites for hydroxylation is 1. The first-order valence-corrected chi connectivity index (χ1v) is 10.6. The number of hydrogen-bond acceptors (Lipinski definition) is 6. The highest BCUT2D eigenvalue weighted by atomic mass is 127. The number of aliphatic imine (C=N–C) groups is 1. The number of guanidine groups is 1. The SMILES string of the molecule is CCNC(=NCCCc1nc(C(C)C)no1)N1CCc2cc(OC)c(OC)cc2C1.I. The fourth-order valence-corrected chi connectivity index (χ4v) is 3.51. The summed E-state index contributed by atoms with van der Waals surface area (Å²) in [5.74, 6) is 4.22. The van der Waals surface area contributed by atoms with Crippen molar-refractivity contribution >= 4 is 29.9 Å². The molecule has 0 fully saturated rings. The van der Waals surface area contributed by atoms with Crippen molar-refractivity contribution in [3.63, 3.8) is 0 Å². The summed E-state index contributed by atoms with van der Waals surface area (Å²) >= 11 is 0. The second-order valence-corrected chi connectivity index (χ2v) is 7.69. The van der Waals surface area contributed by atoms with E-state index in [4.69, 9.17) is 19.0 Å². The van der Waals surface area contributed by atoms with Crippen LogP contribution in [0, 0.1) is 0 Å². The summed E-state index contributed by atoms with van der Waals surface area (Å²) in [4.78, 5) is 11.6. The molecule has 0 amide bonds. The highest BCUT2D eigenvalue weighted by Crippen LogP contribution is 2.33. The Hall–Kier alpha value is -2.04. The van der Waals surface area contributed by atoms with Gasteiger partial charge in [-0.3, -0.25) is 4.99 Å². The molecule has 2 heterocycles. The molecule has 0 bridgehead atoms. The summed E-state index contributed by atoms with van der Waals surface area (Å²) in [5.41, 5.74) is 2.55. The van der Waals surface area contributed by atoms with Gasteiger partial charge in [0.15, 0.2) is 23.3 Å². The van der Waals surface area contributed by atoms with Gasteiger partial charge in [-0.15, -0.1) is 24.0 Å².